The fraction of sp³-hybridized carbons (Fsp3) is 0.440. The summed E-state index contributed by atoms with van der Waals surface area (Å²) in [5.74, 6) is 1.16. The Morgan fingerprint density at radius 1 is 1.00 bits per heavy atom. The molecule has 4 rings (SSSR count). The number of carbonyl (C=O) groups is 2. The Kier molecular flexibility index (Phi) is 7.34. The van der Waals surface area contributed by atoms with Crippen LogP contribution >= 0.6 is 0 Å². The fourth-order valence-electron chi connectivity index (χ4n) is 4.15. The van der Waals surface area contributed by atoms with Crippen molar-refractivity contribution in [1.82, 2.24) is 0 Å². The summed E-state index contributed by atoms with van der Waals surface area (Å²) >= 11 is 0. The molecule has 2 saturated heterocycles. The van der Waals surface area contributed by atoms with Crippen molar-refractivity contribution < 1.29 is 23.8 Å². The Hall–Kier alpha value is -3.26. The molecule has 0 saturated carbocycles. The van der Waals surface area contributed by atoms with E-state index in [0.29, 0.717) is 55.6 Å². The van der Waals surface area contributed by atoms with Gasteiger partial charge in [0.15, 0.2) is 0 Å². The number of hydrogen-bond donors (Lipinski definition) is 1. The number of nitrogens with zero attached hydrogens (tertiary/aromatic N) is 2. The van der Waals surface area contributed by atoms with Crippen LogP contribution in [0.5, 0.6) is 11.5 Å². The molecule has 0 atom stereocenters. The largest absolute Gasteiger partial charge is 0.492 e. The van der Waals surface area contributed by atoms with Crippen LogP contribution in [-0.2, 0) is 9.53 Å². The molecule has 1 N–H and O–H groups in total. The maximum atomic E-state index is 13.0. The van der Waals surface area contributed by atoms with Crippen molar-refractivity contribution in [3.63, 3.8) is 0 Å². The zero-order chi connectivity index (χ0) is 23.2. The van der Waals surface area contributed by atoms with Gasteiger partial charge in [0, 0.05) is 49.4 Å². The molecule has 0 bridgehead atoms. The van der Waals surface area contributed by atoms with Gasteiger partial charge in [-0.2, -0.15) is 0 Å². The van der Waals surface area contributed by atoms with Crippen molar-refractivity contribution in [2.24, 2.45) is 0 Å². The van der Waals surface area contributed by atoms with Crippen molar-refractivity contribution in [1.29, 1.82) is 0 Å². The first-order valence-electron chi connectivity index (χ1n) is 11.6. The molecule has 8 nitrogen and oxygen atoms in total. The van der Waals surface area contributed by atoms with Gasteiger partial charge in [0.2, 0.25) is 5.91 Å². The first kappa shape index (κ1) is 22.9. The summed E-state index contributed by atoms with van der Waals surface area (Å²) in [5, 5.41) is 2.97. The van der Waals surface area contributed by atoms with E-state index in [0.717, 1.165) is 37.4 Å². The summed E-state index contributed by atoms with van der Waals surface area (Å²) in [4.78, 5) is 28.9. The Bertz CT molecular complexity index is 986. The molecular formula is C25H31N3O5. The molecule has 33 heavy (non-hydrogen) atoms. The third-order valence-electron chi connectivity index (χ3n) is 5.78. The van der Waals surface area contributed by atoms with Gasteiger partial charge < -0.3 is 29.3 Å². The minimum absolute atomic E-state index is 0.123. The van der Waals surface area contributed by atoms with Crippen LogP contribution in [0, 0.1) is 0 Å². The molecule has 0 radical (unpaired) electrons. The summed E-state index contributed by atoms with van der Waals surface area (Å²) in [7, 11) is 0. The van der Waals surface area contributed by atoms with Gasteiger partial charge in [-0.1, -0.05) is 0 Å². The van der Waals surface area contributed by atoms with Gasteiger partial charge in [0.05, 0.1) is 37.8 Å². The predicted molar refractivity (Wildman–Crippen MR) is 128 cm³/mol. The molecule has 2 aliphatic heterocycles. The fourth-order valence-corrected chi connectivity index (χ4v) is 4.15. The van der Waals surface area contributed by atoms with Crippen molar-refractivity contribution in [2.45, 2.75) is 26.7 Å². The minimum Gasteiger partial charge on any atom is -0.492 e. The maximum absolute atomic E-state index is 13.0. The number of hydrogen-bond acceptors (Lipinski definition) is 6. The Balaban J connectivity index is 1.57. The highest BCUT2D eigenvalue weighted by molar-refractivity contribution is 6.06. The monoisotopic (exact) mass is 453 g/mol. The van der Waals surface area contributed by atoms with Crippen LogP contribution in [0.15, 0.2) is 36.4 Å². The van der Waals surface area contributed by atoms with Crippen molar-refractivity contribution in [3.8, 4) is 11.5 Å². The van der Waals surface area contributed by atoms with Crippen LogP contribution in [-0.4, -0.2) is 57.9 Å². The van der Waals surface area contributed by atoms with Crippen molar-refractivity contribution in [3.05, 3.63) is 42.0 Å². The molecule has 2 aromatic rings. The lowest BCUT2D eigenvalue weighted by molar-refractivity contribution is -0.117. The second-order valence-corrected chi connectivity index (χ2v) is 7.93. The van der Waals surface area contributed by atoms with Crippen LogP contribution in [0.1, 0.15) is 37.0 Å². The Morgan fingerprint density at radius 2 is 1.70 bits per heavy atom. The zero-order valence-corrected chi connectivity index (χ0v) is 19.3. The topological polar surface area (TPSA) is 80.3 Å². The molecule has 0 spiro atoms. The van der Waals surface area contributed by atoms with Gasteiger partial charge in [0.25, 0.3) is 5.91 Å². The third-order valence-corrected chi connectivity index (χ3v) is 5.78. The van der Waals surface area contributed by atoms with E-state index >= 15 is 0 Å². The van der Waals surface area contributed by atoms with E-state index in [4.69, 9.17) is 14.2 Å². The van der Waals surface area contributed by atoms with E-state index in [2.05, 4.69) is 10.2 Å². The third kappa shape index (κ3) is 5.22. The van der Waals surface area contributed by atoms with E-state index < -0.39 is 0 Å². The number of ether oxygens (including phenoxy) is 3. The molecule has 2 aromatic carbocycles. The summed E-state index contributed by atoms with van der Waals surface area (Å²) in [6, 6.07) is 10.9. The summed E-state index contributed by atoms with van der Waals surface area (Å²) in [5.41, 5.74) is 2.81. The minimum atomic E-state index is -0.253. The first-order valence-corrected chi connectivity index (χ1v) is 11.6. The highest BCUT2D eigenvalue weighted by Crippen LogP contribution is 2.39. The Morgan fingerprint density at radius 3 is 2.33 bits per heavy atom. The van der Waals surface area contributed by atoms with Gasteiger partial charge in [-0.15, -0.1) is 0 Å². The van der Waals surface area contributed by atoms with Gasteiger partial charge in [-0.05, 0) is 44.5 Å². The van der Waals surface area contributed by atoms with E-state index in [1.807, 2.05) is 38.1 Å². The number of amides is 2. The normalized spacial score (nSPS) is 16.1. The lowest BCUT2D eigenvalue weighted by Gasteiger charge is -2.31. The Labute approximate surface area is 194 Å². The molecule has 8 heteroatoms. The second kappa shape index (κ2) is 10.6. The lowest BCUT2D eigenvalue weighted by Crippen LogP contribution is -2.36. The van der Waals surface area contributed by atoms with Crippen LogP contribution in [0.3, 0.4) is 0 Å². The maximum Gasteiger partial charge on any atom is 0.255 e. The van der Waals surface area contributed by atoms with E-state index in [-0.39, 0.29) is 11.8 Å². The zero-order valence-electron chi connectivity index (χ0n) is 19.3. The lowest BCUT2D eigenvalue weighted by atomic mass is 10.1. The van der Waals surface area contributed by atoms with Crippen molar-refractivity contribution >= 4 is 28.9 Å². The number of rotatable bonds is 8. The molecule has 2 fully saturated rings. The van der Waals surface area contributed by atoms with Crippen LogP contribution in [0.4, 0.5) is 17.1 Å². The van der Waals surface area contributed by atoms with Gasteiger partial charge in [-0.25, -0.2) is 0 Å². The predicted octanol–water partition coefficient (Wildman–Crippen LogP) is 3.70. The number of benzene rings is 2. The van der Waals surface area contributed by atoms with E-state index in [9.17, 15) is 9.59 Å². The van der Waals surface area contributed by atoms with Crippen LogP contribution in [0.2, 0.25) is 0 Å². The second-order valence-electron chi connectivity index (χ2n) is 7.93. The van der Waals surface area contributed by atoms with Crippen molar-refractivity contribution in [2.75, 3.05) is 61.2 Å². The van der Waals surface area contributed by atoms with Gasteiger partial charge in [0.1, 0.15) is 11.5 Å². The van der Waals surface area contributed by atoms with E-state index in [1.165, 1.54) is 0 Å². The molecule has 0 aliphatic carbocycles. The average Bonchev–Trinajstić information content (AvgIpc) is 3.27. The quantitative estimate of drug-likeness (QED) is 0.657. The SMILES string of the molecule is CCOc1cc(N2CCOCC2)c(OCC)cc1NC(=O)c1ccc(N2CCCC2=O)cc1. The van der Waals surface area contributed by atoms with Crippen LogP contribution in [0.25, 0.3) is 0 Å². The number of anilines is 3. The molecule has 2 aliphatic rings. The van der Waals surface area contributed by atoms with Gasteiger partial charge >= 0.3 is 0 Å². The summed E-state index contributed by atoms with van der Waals surface area (Å²) < 4.78 is 17.3. The molecular weight excluding hydrogens is 422 g/mol. The van der Waals surface area contributed by atoms with E-state index in [1.54, 1.807) is 17.0 Å². The summed E-state index contributed by atoms with van der Waals surface area (Å²) in [6.07, 6.45) is 1.44. The molecule has 2 heterocycles. The first-order chi connectivity index (χ1) is 16.1. The molecule has 0 aromatic heterocycles. The number of carbonyl (C=O) groups excluding carboxylic acids is 2. The average molecular weight is 454 g/mol. The highest BCUT2D eigenvalue weighted by Gasteiger charge is 2.23. The van der Waals surface area contributed by atoms with Gasteiger partial charge in [-0.3, -0.25) is 9.59 Å². The molecule has 176 valence electrons. The summed E-state index contributed by atoms with van der Waals surface area (Å²) in [6.45, 7) is 8.40. The number of nitrogens with one attached hydrogen (secondary N) is 1. The van der Waals surface area contributed by atoms with Crippen LogP contribution < -0.4 is 24.6 Å². The highest BCUT2D eigenvalue weighted by atomic mass is 16.5. The molecule has 2 amide bonds. The molecule has 0 unspecified atom stereocenters. The smallest absolute Gasteiger partial charge is 0.255 e. The standard InChI is InChI=1S/C25H31N3O5/c1-3-32-22-17-21(27-12-14-31-15-13-27)23(33-4-2)16-20(22)26-25(30)18-7-9-19(10-8-18)28-11-5-6-24(28)29/h7-10,16-17H,3-6,11-15H2,1-2H3,(H,26,30). The number of morpholine rings is 1.